The molecule has 7 heteroatoms. The molecule has 2 N–H and O–H groups in total. The molecule has 0 unspecified atom stereocenters. The molecule has 0 saturated heterocycles. The lowest BCUT2D eigenvalue weighted by Gasteiger charge is -2.23. The molecule has 1 aliphatic heterocycles. The number of benzene rings is 2. The maximum Gasteiger partial charge on any atom is 0.408 e. The minimum atomic E-state index is -0.723. The van der Waals surface area contributed by atoms with Gasteiger partial charge in [0.15, 0.2) is 11.5 Å². The van der Waals surface area contributed by atoms with E-state index >= 15 is 0 Å². The first-order valence-corrected chi connectivity index (χ1v) is 9.24. The molecule has 0 fully saturated rings. The van der Waals surface area contributed by atoms with Crippen molar-refractivity contribution < 1.29 is 23.8 Å². The van der Waals surface area contributed by atoms with E-state index in [4.69, 9.17) is 14.2 Å². The summed E-state index contributed by atoms with van der Waals surface area (Å²) in [5.74, 6) is 0.829. The van der Waals surface area contributed by atoms with Gasteiger partial charge in [0.1, 0.15) is 12.6 Å². The molecule has 2 atom stereocenters. The third-order valence-electron chi connectivity index (χ3n) is 4.62. The third-order valence-corrected chi connectivity index (χ3v) is 4.62. The molecule has 0 radical (unpaired) electrons. The van der Waals surface area contributed by atoms with E-state index in [0.29, 0.717) is 17.2 Å². The zero-order valence-electron chi connectivity index (χ0n) is 15.9. The first-order valence-electron chi connectivity index (χ1n) is 9.24. The number of hydrogen-bond acceptors (Lipinski definition) is 5. The molecule has 0 aromatic heterocycles. The summed E-state index contributed by atoms with van der Waals surface area (Å²) < 4.78 is 15.8. The maximum atomic E-state index is 12.8. The van der Waals surface area contributed by atoms with Crippen LogP contribution >= 0.6 is 0 Å². The highest BCUT2D eigenvalue weighted by Crippen LogP contribution is 2.34. The summed E-state index contributed by atoms with van der Waals surface area (Å²) in [5, 5.41) is 5.50. The number of fused-ring (bicyclic) bond motifs is 1. The maximum absolute atomic E-state index is 12.8. The Hall–Kier alpha value is -3.22. The number of alkyl carbamates (subject to hydrolysis) is 1. The molecule has 0 aliphatic carbocycles. The van der Waals surface area contributed by atoms with Crippen LogP contribution in [0.3, 0.4) is 0 Å². The highest BCUT2D eigenvalue weighted by atomic mass is 16.7. The molecule has 2 aromatic carbocycles. The molecule has 0 saturated carbocycles. The van der Waals surface area contributed by atoms with Gasteiger partial charge >= 0.3 is 6.09 Å². The van der Waals surface area contributed by atoms with E-state index in [1.54, 1.807) is 18.2 Å². The Kier molecular flexibility index (Phi) is 6.37. The van der Waals surface area contributed by atoms with Gasteiger partial charge in [-0.05, 0) is 23.6 Å². The molecule has 1 heterocycles. The van der Waals surface area contributed by atoms with Gasteiger partial charge < -0.3 is 24.8 Å². The highest BCUT2D eigenvalue weighted by molar-refractivity contribution is 5.97. The van der Waals surface area contributed by atoms with Gasteiger partial charge in [0.05, 0.1) is 0 Å². The predicted molar refractivity (Wildman–Crippen MR) is 104 cm³/mol. The van der Waals surface area contributed by atoms with E-state index in [-0.39, 0.29) is 25.2 Å². The molecule has 0 bridgehead atoms. The zero-order chi connectivity index (χ0) is 19.9. The van der Waals surface area contributed by atoms with Gasteiger partial charge in [-0.2, -0.15) is 0 Å². The monoisotopic (exact) mass is 384 g/mol. The number of rotatable bonds is 7. The second-order valence-corrected chi connectivity index (χ2v) is 6.63. The van der Waals surface area contributed by atoms with Crippen molar-refractivity contribution in [3.05, 3.63) is 54.1 Å². The van der Waals surface area contributed by atoms with Crippen molar-refractivity contribution in [3.8, 4) is 11.5 Å². The number of anilines is 1. The first-order chi connectivity index (χ1) is 13.6. The van der Waals surface area contributed by atoms with Gasteiger partial charge in [0.2, 0.25) is 12.7 Å². The minimum Gasteiger partial charge on any atom is -0.454 e. The van der Waals surface area contributed by atoms with E-state index in [1.165, 1.54) is 0 Å². The van der Waals surface area contributed by atoms with Crippen LogP contribution in [0.5, 0.6) is 11.5 Å². The number of carbonyl (C=O) groups excluding carboxylic acids is 2. The fourth-order valence-corrected chi connectivity index (χ4v) is 2.79. The Morgan fingerprint density at radius 1 is 1.11 bits per heavy atom. The summed E-state index contributed by atoms with van der Waals surface area (Å²) in [6.45, 7) is 4.17. The van der Waals surface area contributed by atoms with Crippen LogP contribution < -0.4 is 20.1 Å². The fraction of sp³-hybridized carbons (Fsp3) is 0.333. The van der Waals surface area contributed by atoms with Crippen molar-refractivity contribution in [2.75, 3.05) is 12.1 Å². The first kappa shape index (κ1) is 19.5. The van der Waals surface area contributed by atoms with Crippen molar-refractivity contribution in [1.29, 1.82) is 0 Å². The Morgan fingerprint density at radius 3 is 2.61 bits per heavy atom. The largest absolute Gasteiger partial charge is 0.454 e. The van der Waals surface area contributed by atoms with Crippen LogP contribution in [0.1, 0.15) is 25.8 Å². The van der Waals surface area contributed by atoms with E-state index < -0.39 is 12.1 Å². The lowest BCUT2D eigenvalue weighted by atomic mass is 9.98. The van der Waals surface area contributed by atoms with E-state index in [2.05, 4.69) is 10.6 Å². The number of ether oxygens (including phenoxy) is 3. The van der Waals surface area contributed by atoms with Gasteiger partial charge in [-0.15, -0.1) is 0 Å². The second kappa shape index (κ2) is 9.12. The number of nitrogens with one attached hydrogen (secondary N) is 2. The van der Waals surface area contributed by atoms with Crippen molar-refractivity contribution in [3.63, 3.8) is 0 Å². The standard InChI is InChI=1S/C21H24N2O5/c1-3-14(2)19(23-21(25)26-12-15-7-5-4-6-8-15)20(24)22-16-9-10-17-18(11-16)28-13-27-17/h4-11,14,19H,3,12-13H2,1-2H3,(H,22,24)(H,23,25)/t14-,19-/m0/s1. The summed E-state index contributed by atoms with van der Waals surface area (Å²) in [7, 11) is 0. The van der Waals surface area contributed by atoms with Gasteiger partial charge in [-0.1, -0.05) is 50.6 Å². The fourth-order valence-electron chi connectivity index (χ4n) is 2.79. The molecular weight excluding hydrogens is 360 g/mol. The van der Waals surface area contributed by atoms with Crippen molar-refractivity contribution in [1.82, 2.24) is 5.32 Å². The summed E-state index contributed by atoms with van der Waals surface area (Å²) in [6, 6.07) is 13.8. The normalized spacial score (nSPS) is 14.1. The molecule has 2 aromatic rings. The average Bonchev–Trinajstić information content (AvgIpc) is 3.18. The van der Waals surface area contributed by atoms with Crippen LogP contribution in [-0.4, -0.2) is 24.8 Å². The van der Waals surface area contributed by atoms with Gasteiger partial charge in [0.25, 0.3) is 0 Å². The molecule has 1 aliphatic rings. The second-order valence-electron chi connectivity index (χ2n) is 6.63. The summed E-state index contributed by atoms with van der Waals surface area (Å²) >= 11 is 0. The minimum absolute atomic E-state index is 0.0710. The van der Waals surface area contributed by atoms with Gasteiger partial charge in [-0.25, -0.2) is 4.79 Å². The third kappa shape index (κ3) is 4.94. The predicted octanol–water partition coefficient (Wildman–Crippen LogP) is 3.69. The highest BCUT2D eigenvalue weighted by Gasteiger charge is 2.27. The average molecular weight is 384 g/mol. The van der Waals surface area contributed by atoms with Crippen LogP contribution in [0.4, 0.5) is 10.5 Å². The summed E-state index contributed by atoms with van der Waals surface area (Å²) in [4.78, 5) is 25.0. The molecule has 148 valence electrons. The van der Waals surface area contributed by atoms with E-state index in [9.17, 15) is 9.59 Å². The number of carbonyl (C=O) groups is 2. The van der Waals surface area contributed by atoms with Crippen molar-refractivity contribution in [2.24, 2.45) is 5.92 Å². The van der Waals surface area contributed by atoms with Crippen LogP contribution in [-0.2, 0) is 16.1 Å². The topological polar surface area (TPSA) is 85.9 Å². The van der Waals surface area contributed by atoms with Crippen molar-refractivity contribution in [2.45, 2.75) is 32.9 Å². The summed E-state index contributed by atoms with van der Waals surface area (Å²) in [6.07, 6.45) is 0.0908. The Balaban J connectivity index is 1.60. The molecule has 2 amide bonds. The lowest BCUT2D eigenvalue weighted by Crippen LogP contribution is -2.47. The molecular formula is C21H24N2O5. The SMILES string of the molecule is CC[C@H](C)[C@H](NC(=O)OCc1ccccc1)C(=O)Nc1ccc2c(c1)OCO2. The van der Waals surface area contributed by atoms with Crippen LogP contribution in [0, 0.1) is 5.92 Å². The van der Waals surface area contributed by atoms with Crippen LogP contribution in [0.2, 0.25) is 0 Å². The van der Waals surface area contributed by atoms with Crippen molar-refractivity contribution >= 4 is 17.7 Å². The molecule has 28 heavy (non-hydrogen) atoms. The Bertz CT molecular complexity index is 825. The zero-order valence-corrected chi connectivity index (χ0v) is 15.9. The Morgan fingerprint density at radius 2 is 1.86 bits per heavy atom. The van der Waals surface area contributed by atoms with E-state index in [1.807, 2.05) is 44.2 Å². The quantitative estimate of drug-likeness (QED) is 0.760. The summed E-state index contributed by atoms with van der Waals surface area (Å²) in [5.41, 5.74) is 1.45. The molecule has 7 nitrogen and oxygen atoms in total. The van der Waals surface area contributed by atoms with Crippen LogP contribution in [0.25, 0.3) is 0 Å². The number of amides is 2. The van der Waals surface area contributed by atoms with Gasteiger partial charge in [0, 0.05) is 11.8 Å². The smallest absolute Gasteiger partial charge is 0.408 e. The number of hydrogen-bond donors (Lipinski definition) is 2. The van der Waals surface area contributed by atoms with Crippen LogP contribution in [0.15, 0.2) is 48.5 Å². The van der Waals surface area contributed by atoms with E-state index in [0.717, 1.165) is 12.0 Å². The molecule has 3 rings (SSSR count). The lowest BCUT2D eigenvalue weighted by molar-refractivity contribution is -0.119. The Labute approximate surface area is 164 Å². The van der Waals surface area contributed by atoms with Gasteiger partial charge in [-0.3, -0.25) is 4.79 Å². The molecule has 0 spiro atoms.